The van der Waals surface area contributed by atoms with E-state index in [2.05, 4.69) is 4.99 Å². The van der Waals surface area contributed by atoms with Crippen LogP contribution in [0.2, 0.25) is 0 Å². The molecule has 3 rings (SSSR count). The lowest BCUT2D eigenvalue weighted by Crippen LogP contribution is -2.26. The van der Waals surface area contributed by atoms with Gasteiger partial charge in [-0.25, -0.2) is 0 Å². The molecule has 0 aliphatic carbocycles. The lowest BCUT2D eigenvalue weighted by Gasteiger charge is -2.22. The average molecular weight is 297 g/mol. The van der Waals surface area contributed by atoms with Gasteiger partial charge in [0, 0.05) is 10.6 Å². The lowest BCUT2D eigenvalue weighted by atomic mass is 9.94. The summed E-state index contributed by atoms with van der Waals surface area (Å²) >= 11 is 1.58. The largest absolute Gasteiger partial charge is 0.481 e. The van der Waals surface area contributed by atoms with Crippen LogP contribution in [0.5, 0.6) is 0 Å². The first-order valence-corrected chi connectivity index (χ1v) is 7.63. The molecule has 106 valence electrons. The second-order valence-corrected chi connectivity index (χ2v) is 6.17. The maximum absolute atomic E-state index is 11.8. The molecule has 1 N–H and O–H groups in total. The Labute approximate surface area is 127 Å². The highest BCUT2D eigenvalue weighted by atomic mass is 32.2. The molecule has 1 heterocycles. The summed E-state index contributed by atoms with van der Waals surface area (Å²) in [6.07, 6.45) is 0. The average Bonchev–Trinajstić information content (AvgIpc) is 2.63. The van der Waals surface area contributed by atoms with E-state index >= 15 is 0 Å². The molecule has 1 aliphatic rings. The topological polar surface area (TPSA) is 49.7 Å². The van der Waals surface area contributed by atoms with Gasteiger partial charge in [0.15, 0.2) is 0 Å². The van der Waals surface area contributed by atoms with Crippen molar-refractivity contribution in [2.45, 2.75) is 17.1 Å². The van der Waals surface area contributed by atoms with E-state index in [0.717, 1.165) is 16.1 Å². The monoisotopic (exact) mass is 297 g/mol. The summed E-state index contributed by atoms with van der Waals surface area (Å²) < 4.78 is 0. The van der Waals surface area contributed by atoms with Gasteiger partial charge < -0.3 is 5.11 Å². The molecule has 0 saturated heterocycles. The minimum atomic E-state index is -0.828. The second kappa shape index (κ2) is 5.74. The number of aliphatic carboxylic acids is 1. The Kier molecular flexibility index (Phi) is 3.80. The molecule has 2 unspecified atom stereocenters. The van der Waals surface area contributed by atoms with Gasteiger partial charge in [0.1, 0.15) is 5.92 Å². The van der Waals surface area contributed by atoms with Crippen LogP contribution < -0.4 is 0 Å². The Bertz CT molecular complexity index is 697. The summed E-state index contributed by atoms with van der Waals surface area (Å²) in [6, 6.07) is 17.6. The van der Waals surface area contributed by atoms with Crippen LogP contribution in [-0.2, 0) is 4.79 Å². The van der Waals surface area contributed by atoms with Gasteiger partial charge in [0.05, 0.1) is 10.9 Å². The number of benzene rings is 2. The highest BCUT2D eigenvalue weighted by Crippen LogP contribution is 2.47. The van der Waals surface area contributed by atoms with Crippen molar-refractivity contribution in [1.82, 2.24) is 0 Å². The van der Waals surface area contributed by atoms with Crippen molar-refractivity contribution in [1.29, 1.82) is 0 Å². The molecular weight excluding hydrogens is 282 g/mol. The highest BCUT2D eigenvalue weighted by Gasteiger charge is 2.35. The molecule has 2 atom stereocenters. The molecule has 1 aliphatic heterocycles. The zero-order valence-electron chi connectivity index (χ0n) is 11.6. The normalized spacial score (nSPS) is 21.1. The first-order valence-electron chi connectivity index (χ1n) is 6.75. The van der Waals surface area contributed by atoms with E-state index in [0.29, 0.717) is 5.71 Å². The number of fused-ring (bicyclic) bond motifs is 1. The van der Waals surface area contributed by atoms with Crippen molar-refractivity contribution in [3.63, 3.8) is 0 Å². The standard InChI is InChI=1S/C17H15NO2S/c1-11-15(17(19)20)16(12-7-3-2-4-8-12)21-14-10-6-5-9-13(14)18-11/h2-10,15-16H,1H3,(H,19,20). The SMILES string of the molecule is CC1=Nc2ccccc2SC(c2ccccc2)C1C(=O)O. The van der Waals surface area contributed by atoms with Crippen molar-refractivity contribution >= 4 is 29.1 Å². The molecule has 4 heteroatoms. The fraction of sp³-hybridized carbons (Fsp3) is 0.176. The van der Waals surface area contributed by atoms with Crippen molar-refractivity contribution in [3.05, 3.63) is 60.2 Å². The molecule has 0 fully saturated rings. The molecule has 0 saturated carbocycles. The third-order valence-corrected chi connectivity index (χ3v) is 4.96. The van der Waals surface area contributed by atoms with Crippen molar-refractivity contribution in [3.8, 4) is 0 Å². The number of carboxylic acids is 1. The predicted octanol–water partition coefficient (Wildman–Crippen LogP) is 4.33. The molecular formula is C17H15NO2S. The van der Waals surface area contributed by atoms with Crippen molar-refractivity contribution < 1.29 is 9.90 Å². The summed E-state index contributed by atoms with van der Waals surface area (Å²) in [7, 11) is 0. The highest BCUT2D eigenvalue weighted by molar-refractivity contribution is 7.99. The van der Waals surface area contributed by atoms with Gasteiger partial charge in [-0.2, -0.15) is 0 Å². The van der Waals surface area contributed by atoms with Gasteiger partial charge in [-0.05, 0) is 24.6 Å². The van der Waals surface area contributed by atoms with E-state index in [9.17, 15) is 9.90 Å². The first-order chi connectivity index (χ1) is 10.2. The van der Waals surface area contributed by atoms with Crippen molar-refractivity contribution in [2.75, 3.05) is 0 Å². The van der Waals surface area contributed by atoms with Crippen LogP contribution in [-0.4, -0.2) is 16.8 Å². The second-order valence-electron chi connectivity index (χ2n) is 4.99. The Hall–Kier alpha value is -2.07. The fourth-order valence-electron chi connectivity index (χ4n) is 2.54. The summed E-state index contributed by atoms with van der Waals surface area (Å²) in [6.45, 7) is 1.80. The molecule has 0 radical (unpaired) electrons. The van der Waals surface area contributed by atoms with Crippen LogP contribution in [0.3, 0.4) is 0 Å². The molecule has 3 nitrogen and oxygen atoms in total. The van der Waals surface area contributed by atoms with E-state index < -0.39 is 11.9 Å². The van der Waals surface area contributed by atoms with Crippen LogP contribution in [0.1, 0.15) is 17.7 Å². The molecule has 0 amide bonds. The Balaban J connectivity index is 2.13. The van der Waals surface area contributed by atoms with Gasteiger partial charge in [-0.3, -0.25) is 9.79 Å². The zero-order chi connectivity index (χ0) is 14.8. The fourth-order valence-corrected chi connectivity index (χ4v) is 3.95. The number of rotatable bonds is 2. The Morgan fingerprint density at radius 3 is 2.48 bits per heavy atom. The van der Waals surface area contributed by atoms with Crippen LogP contribution in [0, 0.1) is 5.92 Å². The van der Waals surface area contributed by atoms with E-state index in [1.54, 1.807) is 18.7 Å². The molecule has 0 spiro atoms. The van der Waals surface area contributed by atoms with Gasteiger partial charge in [-0.15, -0.1) is 11.8 Å². The quantitative estimate of drug-likeness (QED) is 0.897. The van der Waals surface area contributed by atoms with E-state index in [1.807, 2.05) is 54.6 Å². The van der Waals surface area contributed by atoms with Crippen LogP contribution in [0.15, 0.2) is 64.5 Å². The molecule has 0 aromatic heterocycles. The van der Waals surface area contributed by atoms with Crippen LogP contribution in [0.25, 0.3) is 0 Å². The van der Waals surface area contributed by atoms with Gasteiger partial charge in [0.25, 0.3) is 0 Å². The number of thioether (sulfide) groups is 1. The van der Waals surface area contributed by atoms with Gasteiger partial charge in [0.2, 0.25) is 0 Å². The minimum Gasteiger partial charge on any atom is -0.481 e. The van der Waals surface area contributed by atoms with Crippen molar-refractivity contribution in [2.24, 2.45) is 10.9 Å². The molecule has 2 aromatic carbocycles. The summed E-state index contributed by atoms with van der Waals surface area (Å²) in [4.78, 5) is 17.3. The summed E-state index contributed by atoms with van der Waals surface area (Å²) in [5.74, 6) is -1.45. The Morgan fingerprint density at radius 2 is 1.76 bits per heavy atom. The summed E-state index contributed by atoms with van der Waals surface area (Å²) in [5, 5.41) is 9.48. The number of carbonyl (C=O) groups is 1. The number of para-hydroxylation sites is 1. The van der Waals surface area contributed by atoms with E-state index in [1.165, 1.54) is 0 Å². The minimum absolute atomic E-state index is 0.170. The third-order valence-electron chi connectivity index (χ3n) is 3.56. The number of hydrogen-bond acceptors (Lipinski definition) is 3. The molecule has 21 heavy (non-hydrogen) atoms. The first kappa shape index (κ1) is 13.9. The number of aliphatic imine (C=N–C) groups is 1. The third kappa shape index (κ3) is 2.72. The van der Waals surface area contributed by atoms with E-state index in [4.69, 9.17) is 0 Å². The van der Waals surface area contributed by atoms with E-state index in [-0.39, 0.29) is 5.25 Å². The van der Waals surface area contributed by atoms with Crippen LogP contribution >= 0.6 is 11.8 Å². The summed E-state index contributed by atoms with van der Waals surface area (Å²) in [5.41, 5.74) is 2.51. The number of hydrogen-bond donors (Lipinski definition) is 1. The smallest absolute Gasteiger partial charge is 0.313 e. The number of nitrogens with zero attached hydrogens (tertiary/aromatic N) is 1. The molecule has 2 aromatic rings. The Morgan fingerprint density at radius 1 is 1.10 bits per heavy atom. The maximum Gasteiger partial charge on any atom is 0.313 e. The number of carboxylic acid groups (broad SMARTS) is 1. The maximum atomic E-state index is 11.8. The molecule has 0 bridgehead atoms. The van der Waals surface area contributed by atoms with Gasteiger partial charge >= 0.3 is 5.97 Å². The van der Waals surface area contributed by atoms with Crippen LogP contribution in [0.4, 0.5) is 5.69 Å². The van der Waals surface area contributed by atoms with Gasteiger partial charge in [-0.1, -0.05) is 42.5 Å². The predicted molar refractivity (Wildman–Crippen MR) is 85.4 cm³/mol. The lowest BCUT2D eigenvalue weighted by molar-refractivity contribution is -0.139. The zero-order valence-corrected chi connectivity index (χ0v) is 12.4.